The van der Waals surface area contributed by atoms with Gasteiger partial charge in [0.1, 0.15) is 0 Å². The van der Waals surface area contributed by atoms with Crippen LogP contribution in [0.3, 0.4) is 0 Å². The Morgan fingerprint density at radius 3 is 2.62 bits per heavy atom. The summed E-state index contributed by atoms with van der Waals surface area (Å²) in [6, 6.07) is 4.72. The van der Waals surface area contributed by atoms with E-state index in [9.17, 15) is 17.2 Å². The highest BCUT2D eigenvalue weighted by Gasteiger charge is 2.38. The van der Waals surface area contributed by atoms with E-state index in [0.29, 0.717) is 10.8 Å². The molecule has 1 N–H and O–H groups in total. The monoisotopic (exact) mass is 377 g/mol. The van der Waals surface area contributed by atoms with Crippen LogP contribution in [0.5, 0.6) is 0 Å². The van der Waals surface area contributed by atoms with E-state index in [1.54, 1.807) is 12.1 Å². The average molecular weight is 378 g/mol. The predicted molar refractivity (Wildman–Crippen MR) is 84.7 cm³/mol. The summed E-state index contributed by atoms with van der Waals surface area (Å²) in [7, 11) is -3.94. The fourth-order valence-electron chi connectivity index (χ4n) is 2.29. The second-order valence-corrected chi connectivity index (χ2v) is 7.39. The quantitative estimate of drug-likeness (QED) is 0.886. The minimum atomic E-state index is -3.94. The Morgan fingerprint density at radius 1 is 1.25 bits per heavy atom. The van der Waals surface area contributed by atoms with Gasteiger partial charge in [-0.2, -0.15) is 12.7 Å². The van der Waals surface area contributed by atoms with Crippen molar-refractivity contribution in [3.05, 3.63) is 35.6 Å². The molecule has 3 rings (SSSR count). The molecule has 130 valence electrons. The lowest BCUT2D eigenvalue weighted by Crippen LogP contribution is -2.45. The van der Waals surface area contributed by atoms with Gasteiger partial charge in [0.25, 0.3) is 5.92 Å². The SMILES string of the molecule is O=S(=O)(Nc1ccn(-c2ncccc2Cl)n1)N1CCC(F)(F)CC1. The van der Waals surface area contributed by atoms with Gasteiger partial charge in [0, 0.05) is 44.4 Å². The third-order valence-corrected chi connectivity index (χ3v) is 5.38. The zero-order valence-corrected chi connectivity index (χ0v) is 13.9. The fraction of sp³-hybridized carbons (Fsp3) is 0.385. The van der Waals surface area contributed by atoms with Crippen LogP contribution < -0.4 is 4.72 Å². The van der Waals surface area contributed by atoms with Crippen LogP contribution in [0.25, 0.3) is 5.82 Å². The van der Waals surface area contributed by atoms with Gasteiger partial charge in [0.2, 0.25) is 0 Å². The third kappa shape index (κ3) is 3.65. The maximum absolute atomic E-state index is 13.1. The first-order chi connectivity index (χ1) is 11.3. The van der Waals surface area contributed by atoms with Crippen molar-refractivity contribution in [1.29, 1.82) is 0 Å². The lowest BCUT2D eigenvalue weighted by Gasteiger charge is -2.30. The number of alkyl halides is 2. The molecule has 1 saturated heterocycles. The largest absolute Gasteiger partial charge is 0.302 e. The van der Waals surface area contributed by atoms with Crippen LogP contribution in [0, 0.1) is 0 Å². The molecule has 0 amide bonds. The molecule has 0 aliphatic carbocycles. The van der Waals surface area contributed by atoms with Crippen molar-refractivity contribution in [2.24, 2.45) is 0 Å². The van der Waals surface area contributed by atoms with Crippen molar-refractivity contribution in [2.75, 3.05) is 17.8 Å². The summed E-state index contributed by atoms with van der Waals surface area (Å²) in [5.41, 5.74) is 0. The van der Waals surface area contributed by atoms with E-state index in [-0.39, 0.29) is 18.9 Å². The maximum Gasteiger partial charge on any atom is 0.302 e. The summed E-state index contributed by atoms with van der Waals surface area (Å²) >= 11 is 6.01. The molecule has 7 nitrogen and oxygen atoms in total. The van der Waals surface area contributed by atoms with E-state index in [1.165, 1.54) is 23.1 Å². The molecular formula is C13H14ClF2N5O2S. The first-order valence-electron chi connectivity index (χ1n) is 7.09. The molecule has 0 aromatic carbocycles. The molecule has 0 saturated carbocycles. The van der Waals surface area contributed by atoms with Crippen LogP contribution in [0.15, 0.2) is 30.6 Å². The Bertz CT molecular complexity index is 832. The summed E-state index contributed by atoms with van der Waals surface area (Å²) in [6.07, 6.45) is 2.04. The number of nitrogens with zero attached hydrogens (tertiary/aromatic N) is 4. The number of pyridine rings is 1. The highest BCUT2D eigenvalue weighted by Crippen LogP contribution is 2.29. The van der Waals surface area contributed by atoms with E-state index in [4.69, 9.17) is 11.6 Å². The Hall–Kier alpha value is -1.78. The van der Waals surface area contributed by atoms with Crippen LogP contribution in [0.4, 0.5) is 14.6 Å². The van der Waals surface area contributed by atoms with Gasteiger partial charge in [-0.1, -0.05) is 11.6 Å². The van der Waals surface area contributed by atoms with Crippen LogP contribution in [-0.4, -0.2) is 46.5 Å². The van der Waals surface area contributed by atoms with Crippen LogP contribution in [0.1, 0.15) is 12.8 Å². The molecule has 0 bridgehead atoms. The lowest BCUT2D eigenvalue weighted by molar-refractivity contribution is -0.0411. The standard InChI is InChI=1S/C13H14ClF2N5O2S/c14-10-2-1-6-17-12(10)21-7-3-11(18-21)19-24(22,23)20-8-4-13(15,16)5-9-20/h1-3,6-7H,4-5,8-9H2,(H,18,19). The molecule has 3 heterocycles. The number of aromatic nitrogens is 3. The number of hydrogen-bond acceptors (Lipinski definition) is 4. The first kappa shape index (κ1) is 17.1. The summed E-state index contributed by atoms with van der Waals surface area (Å²) in [6.45, 7) is -0.482. The van der Waals surface area contributed by atoms with Gasteiger partial charge in [-0.3, -0.25) is 4.72 Å². The first-order valence-corrected chi connectivity index (χ1v) is 8.91. The fourth-order valence-corrected chi connectivity index (χ4v) is 3.67. The topological polar surface area (TPSA) is 80.1 Å². The molecule has 0 radical (unpaired) electrons. The van der Waals surface area contributed by atoms with Gasteiger partial charge in [0.15, 0.2) is 11.6 Å². The molecule has 1 fully saturated rings. The van der Waals surface area contributed by atoms with Crippen molar-refractivity contribution < 1.29 is 17.2 Å². The summed E-state index contributed by atoms with van der Waals surface area (Å²) in [4.78, 5) is 4.06. The Labute approximate surface area is 142 Å². The minimum Gasteiger partial charge on any atom is -0.253 e. The molecule has 24 heavy (non-hydrogen) atoms. The number of halogens is 3. The van der Waals surface area contributed by atoms with Crippen LogP contribution in [-0.2, 0) is 10.2 Å². The number of nitrogens with one attached hydrogen (secondary N) is 1. The zero-order valence-electron chi connectivity index (χ0n) is 12.4. The average Bonchev–Trinajstić information content (AvgIpc) is 2.94. The van der Waals surface area contributed by atoms with Crippen molar-refractivity contribution in [3.8, 4) is 5.82 Å². The summed E-state index contributed by atoms with van der Waals surface area (Å²) in [5.74, 6) is -2.42. The van der Waals surface area contributed by atoms with E-state index in [0.717, 1.165) is 4.31 Å². The van der Waals surface area contributed by atoms with E-state index < -0.39 is 29.0 Å². The molecule has 1 aliphatic heterocycles. The molecule has 0 atom stereocenters. The molecule has 0 unspecified atom stereocenters. The maximum atomic E-state index is 13.1. The Kier molecular flexibility index (Phi) is 4.45. The van der Waals surface area contributed by atoms with Gasteiger partial charge < -0.3 is 0 Å². The Balaban J connectivity index is 1.74. The highest BCUT2D eigenvalue weighted by atomic mass is 35.5. The van der Waals surface area contributed by atoms with E-state index in [1.807, 2.05) is 0 Å². The predicted octanol–water partition coefficient (Wildman–Crippen LogP) is 2.31. The van der Waals surface area contributed by atoms with Crippen LogP contribution >= 0.6 is 11.6 Å². The molecule has 1 aliphatic rings. The lowest BCUT2D eigenvalue weighted by atomic mass is 10.1. The van der Waals surface area contributed by atoms with Crippen molar-refractivity contribution in [1.82, 2.24) is 19.1 Å². The minimum absolute atomic E-state index is 0.0500. The zero-order chi connectivity index (χ0) is 17.4. The summed E-state index contributed by atoms with van der Waals surface area (Å²) in [5, 5.41) is 4.41. The normalized spacial score (nSPS) is 18.5. The van der Waals surface area contributed by atoms with Gasteiger partial charge in [-0.25, -0.2) is 18.4 Å². The third-order valence-electron chi connectivity index (χ3n) is 3.57. The van der Waals surface area contributed by atoms with Crippen LogP contribution in [0.2, 0.25) is 5.02 Å². The molecule has 11 heteroatoms. The molecule has 0 spiro atoms. The van der Waals surface area contributed by atoms with Gasteiger partial charge in [-0.15, -0.1) is 5.10 Å². The van der Waals surface area contributed by atoms with Crippen molar-refractivity contribution in [2.45, 2.75) is 18.8 Å². The number of rotatable bonds is 4. The number of hydrogen-bond donors (Lipinski definition) is 1. The molecule has 2 aromatic heterocycles. The Morgan fingerprint density at radius 2 is 1.96 bits per heavy atom. The number of anilines is 1. The smallest absolute Gasteiger partial charge is 0.253 e. The second kappa shape index (κ2) is 6.26. The second-order valence-electron chi connectivity index (χ2n) is 5.32. The molecule has 2 aromatic rings. The van der Waals surface area contributed by atoms with E-state index >= 15 is 0 Å². The van der Waals surface area contributed by atoms with Gasteiger partial charge >= 0.3 is 10.2 Å². The van der Waals surface area contributed by atoms with Crippen molar-refractivity contribution >= 4 is 27.6 Å². The van der Waals surface area contributed by atoms with Gasteiger partial charge in [0.05, 0.1) is 5.02 Å². The highest BCUT2D eigenvalue weighted by molar-refractivity contribution is 7.90. The number of piperidine rings is 1. The van der Waals surface area contributed by atoms with E-state index in [2.05, 4.69) is 14.8 Å². The van der Waals surface area contributed by atoms with Gasteiger partial charge in [-0.05, 0) is 12.1 Å². The summed E-state index contributed by atoms with van der Waals surface area (Å²) < 4.78 is 55.4. The molecular weight excluding hydrogens is 364 g/mol. The van der Waals surface area contributed by atoms with Crippen molar-refractivity contribution in [3.63, 3.8) is 0 Å².